The van der Waals surface area contributed by atoms with E-state index in [4.69, 9.17) is 16.3 Å². The molecule has 1 amide bonds. The molecule has 2 heterocycles. The summed E-state index contributed by atoms with van der Waals surface area (Å²) >= 11 is 5.97. The second kappa shape index (κ2) is 10.6. The van der Waals surface area contributed by atoms with Crippen molar-refractivity contribution in [2.45, 2.75) is 49.2 Å². The number of carbonyl (C=O) groups is 1. The van der Waals surface area contributed by atoms with Crippen molar-refractivity contribution in [3.63, 3.8) is 0 Å². The largest absolute Gasteiger partial charge is 0.448 e. The number of nitrogens with two attached hydrogens (primary N) is 1. The Balaban J connectivity index is 1.63. The van der Waals surface area contributed by atoms with Crippen molar-refractivity contribution >= 4 is 27.7 Å². The van der Waals surface area contributed by atoms with E-state index in [2.05, 4.69) is 5.32 Å². The molecule has 0 spiro atoms. The summed E-state index contributed by atoms with van der Waals surface area (Å²) < 4.78 is 48.7. The van der Waals surface area contributed by atoms with Gasteiger partial charge in [0.2, 0.25) is 10.0 Å². The lowest BCUT2D eigenvalue weighted by Gasteiger charge is -2.41. The molecule has 34 heavy (non-hydrogen) atoms. The molecule has 2 aliphatic heterocycles. The molecule has 2 saturated heterocycles. The van der Waals surface area contributed by atoms with E-state index in [9.17, 15) is 17.6 Å². The van der Waals surface area contributed by atoms with Crippen LogP contribution in [0.3, 0.4) is 0 Å². The Bertz CT molecular complexity index is 1120. The molecule has 0 radical (unpaired) electrons. The minimum absolute atomic E-state index is 0.0431. The van der Waals surface area contributed by atoms with E-state index in [1.807, 2.05) is 6.92 Å². The standard InChI is InChI=1S/C24H29ClFN3O4S/c1-17-15-27-12-13-28(17)24(30)33-16-21-6-3-7-23(18-4-2-5-20(26)14-18)29(21)34(31,32)22-10-8-19(25)9-11-22/h2,4-5,8-11,14,17,21,23,27H,3,6-7,12-13,15-16H2,1H3/p+1. The highest BCUT2D eigenvalue weighted by atomic mass is 35.5. The molecule has 0 aliphatic carbocycles. The summed E-state index contributed by atoms with van der Waals surface area (Å²) in [5.74, 6) is -0.425. The van der Waals surface area contributed by atoms with E-state index in [-0.39, 0.29) is 17.5 Å². The first-order valence-electron chi connectivity index (χ1n) is 11.6. The van der Waals surface area contributed by atoms with Crippen molar-refractivity contribution in [1.82, 2.24) is 9.21 Å². The van der Waals surface area contributed by atoms with Gasteiger partial charge in [-0.15, -0.1) is 0 Å². The fourth-order valence-electron chi connectivity index (χ4n) is 4.79. The Morgan fingerprint density at radius 3 is 2.68 bits per heavy atom. The topological polar surface area (TPSA) is 83.5 Å². The first kappa shape index (κ1) is 24.9. The number of hydrogen-bond acceptors (Lipinski definition) is 4. The minimum Gasteiger partial charge on any atom is -0.448 e. The molecule has 2 fully saturated rings. The second-order valence-corrected chi connectivity index (χ2v) is 11.2. The molecule has 3 unspecified atom stereocenters. The zero-order chi connectivity index (χ0) is 24.3. The van der Waals surface area contributed by atoms with E-state index in [0.29, 0.717) is 30.0 Å². The van der Waals surface area contributed by atoms with Crippen LogP contribution >= 0.6 is 11.6 Å². The number of piperidine rings is 1. The van der Waals surface area contributed by atoms with Crippen molar-refractivity contribution in [2.75, 3.05) is 26.2 Å². The van der Waals surface area contributed by atoms with Gasteiger partial charge in [-0.2, -0.15) is 4.31 Å². The summed E-state index contributed by atoms with van der Waals surface area (Å²) in [5, 5.41) is 2.58. The maximum Gasteiger partial charge on any atom is 0.410 e. The van der Waals surface area contributed by atoms with Gasteiger partial charge < -0.3 is 10.1 Å². The average Bonchev–Trinajstić information content (AvgIpc) is 2.83. The van der Waals surface area contributed by atoms with Gasteiger partial charge in [0.05, 0.1) is 42.7 Å². The van der Waals surface area contributed by atoms with E-state index >= 15 is 0 Å². The van der Waals surface area contributed by atoms with Crippen LogP contribution < -0.4 is 5.32 Å². The number of piperazine rings is 1. The summed E-state index contributed by atoms with van der Waals surface area (Å²) in [5.41, 5.74) is 0.578. The maximum atomic E-state index is 14.0. The molecule has 0 saturated carbocycles. The van der Waals surface area contributed by atoms with Gasteiger partial charge in [-0.05, 0) is 68.1 Å². The summed E-state index contributed by atoms with van der Waals surface area (Å²) in [4.78, 5) is 14.5. The number of benzene rings is 2. The fourth-order valence-corrected chi connectivity index (χ4v) is 6.76. The molecule has 2 aliphatic rings. The smallest absolute Gasteiger partial charge is 0.410 e. The molecule has 2 N–H and O–H groups in total. The Kier molecular flexibility index (Phi) is 7.77. The van der Waals surface area contributed by atoms with Gasteiger partial charge in [0.15, 0.2) is 0 Å². The quantitative estimate of drug-likeness (QED) is 0.669. The van der Waals surface area contributed by atoms with Gasteiger partial charge in [0.25, 0.3) is 0 Å². The lowest BCUT2D eigenvalue weighted by Crippen LogP contribution is -2.91. The SMILES string of the molecule is CC1C[NH2+]CCN1C(=O)OCC1CCCC(c2cccc(F)c2)N1S(=O)(=O)c1ccc(Cl)cc1. The van der Waals surface area contributed by atoms with Crippen LogP contribution in [0.25, 0.3) is 0 Å². The fraction of sp³-hybridized carbons (Fsp3) is 0.458. The Hall–Kier alpha value is -2.20. The molecular formula is C24H30ClFN3O4S+. The molecule has 7 nitrogen and oxygen atoms in total. The number of carbonyl (C=O) groups excluding carboxylic acids is 1. The van der Waals surface area contributed by atoms with Gasteiger partial charge in [0.1, 0.15) is 12.4 Å². The molecule has 184 valence electrons. The highest BCUT2D eigenvalue weighted by molar-refractivity contribution is 7.89. The summed E-state index contributed by atoms with van der Waals surface area (Å²) in [6, 6.07) is 10.9. The highest BCUT2D eigenvalue weighted by Crippen LogP contribution is 2.39. The lowest BCUT2D eigenvalue weighted by atomic mass is 9.93. The first-order valence-corrected chi connectivity index (χ1v) is 13.4. The Morgan fingerprint density at radius 2 is 1.97 bits per heavy atom. The van der Waals surface area contributed by atoms with Crippen LogP contribution in [0.5, 0.6) is 0 Å². The van der Waals surface area contributed by atoms with E-state index < -0.39 is 34.0 Å². The second-order valence-electron chi connectivity index (χ2n) is 8.88. The normalized spacial score (nSPS) is 24.1. The highest BCUT2D eigenvalue weighted by Gasteiger charge is 2.41. The number of quaternary nitrogens is 1. The summed E-state index contributed by atoms with van der Waals surface area (Å²) in [6.45, 7) is 4.10. The average molecular weight is 511 g/mol. The molecular weight excluding hydrogens is 481 g/mol. The molecule has 4 rings (SSSR count). The number of ether oxygens (including phenoxy) is 1. The number of sulfonamides is 1. The van der Waals surface area contributed by atoms with Crippen LogP contribution in [0.4, 0.5) is 9.18 Å². The Morgan fingerprint density at radius 1 is 1.21 bits per heavy atom. The van der Waals surface area contributed by atoms with Crippen molar-refractivity contribution < 1.29 is 27.7 Å². The third-order valence-corrected chi connectivity index (χ3v) is 8.78. The van der Waals surface area contributed by atoms with Gasteiger partial charge in [0, 0.05) is 5.02 Å². The van der Waals surface area contributed by atoms with Gasteiger partial charge in [-0.1, -0.05) is 23.7 Å². The number of nitrogens with zero attached hydrogens (tertiary/aromatic N) is 2. The van der Waals surface area contributed by atoms with Gasteiger partial charge in [-0.25, -0.2) is 17.6 Å². The predicted octanol–water partition coefficient (Wildman–Crippen LogP) is 3.17. The minimum atomic E-state index is -3.98. The van der Waals surface area contributed by atoms with Gasteiger partial charge in [-0.3, -0.25) is 4.90 Å². The predicted molar refractivity (Wildman–Crippen MR) is 126 cm³/mol. The van der Waals surface area contributed by atoms with Crippen molar-refractivity contribution in [2.24, 2.45) is 0 Å². The Labute approximate surface area is 204 Å². The molecule has 0 aromatic heterocycles. The number of halogens is 2. The number of rotatable bonds is 5. The molecule has 2 aromatic carbocycles. The van der Waals surface area contributed by atoms with Crippen molar-refractivity contribution in [3.05, 3.63) is 64.9 Å². The van der Waals surface area contributed by atoms with Crippen LogP contribution in [0.2, 0.25) is 5.02 Å². The molecule has 0 bridgehead atoms. The van der Waals surface area contributed by atoms with Gasteiger partial charge >= 0.3 is 6.09 Å². The third kappa shape index (κ3) is 5.38. The number of hydrogen-bond donors (Lipinski definition) is 1. The van der Waals surface area contributed by atoms with Crippen LogP contribution in [-0.2, 0) is 14.8 Å². The molecule has 3 atom stereocenters. The summed E-state index contributed by atoms with van der Waals surface area (Å²) in [7, 11) is -3.98. The van der Waals surface area contributed by atoms with Crippen LogP contribution in [-0.4, -0.2) is 62.0 Å². The van der Waals surface area contributed by atoms with E-state index in [0.717, 1.165) is 19.5 Å². The first-order chi connectivity index (χ1) is 16.3. The third-order valence-electron chi connectivity index (χ3n) is 6.55. The van der Waals surface area contributed by atoms with Crippen LogP contribution in [0.15, 0.2) is 53.4 Å². The van der Waals surface area contributed by atoms with E-state index in [1.54, 1.807) is 17.0 Å². The van der Waals surface area contributed by atoms with Crippen LogP contribution in [0, 0.1) is 5.82 Å². The molecule has 10 heteroatoms. The van der Waals surface area contributed by atoms with Crippen LogP contribution in [0.1, 0.15) is 37.8 Å². The lowest BCUT2D eigenvalue weighted by molar-refractivity contribution is -0.667. The van der Waals surface area contributed by atoms with Crippen molar-refractivity contribution in [1.29, 1.82) is 0 Å². The van der Waals surface area contributed by atoms with E-state index in [1.165, 1.54) is 40.7 Å². The van der Waals surface area contributed by atoms with Crippen molar-refractivity contribution in [3.8, 4) is 0 Å². The maximum absolute atomic E-state index is 14.0. The zero-order valence-electron chi connectivity index (χ0n) is 19.1. The zero-order valence-corrected chi connectivity index (χ0v) is 20.6. The number of amides is 1. The summed E-state index contributed by atoms with van der Waals surface area (Å²) in [6.07, 6.45) is 1.37. The monoisotopic (exact) mass is 510 g/mol. The molecule has 2 aromatic rings.